The highest BCUT2D eigenvalue weighted by atomic mass is 16.5. The van der Waals surface area contributed by atoms with Crippen molar-refractivity contribution in [3.05, 3.63) is 149 Å². The summed E-state index contributed by atoms with van der Waals surface area (Å²) in [6.07, 6.45) is 6.98. The number of aryl methyl sites for hydroxylation is 1. The van der Waals surface area contributed by atoms with Crippen LogP contribution in [0.5, 0.6) is 11.5 Å². The van der Waals surface area contributed by atoms with Crippen LogP contribution in [0, 0.1) is 0 Å². The Morgan fingerprint density at radius 3 is 1.93 bits per heavy atom. The van der Waals surface area contributed by atoms with Gasteiger partial charge in [0.2, 0.25) is 0 Å². The molecule has 216 valence electrons. The third-order valence-corrected chi connectivity index (χ3v) is 8.03. The molecule has 0 amide bonds. The average molecular weight is 566 g/mol. The normalized spacial score (nSPS) is 12.2. The van der Waals surface area contributed by atoms with Gasteiger partial charge in [-0.15, -0.1) is 0 Å². The van der Waals surface area contributed by atoms with Crippen LogP contribution in [-0.2, 0) is 12.8 Å². The summed E-state index contributed by atoms with van der Waals surface area (Å²) >= 11 is 0. The molecular formula is C40H39NO2. The second-order valence-corrected chi connectivity index (χ2v) is 10.8. The smallest absolute Gasteiger partial charge is 0.163 e. The van der Waals surface area contributed by atoms with Gasteiger partial charge in [0, 0.05) is 17.4 Å². The molecule has 3 heteroatoms. The van der Waals surface area contributed by atoms with Crippen molar-refractivity contribution in [2.75, 3.05) is 18.1 Å². The molecule has 3 nitrogen and oxygen atoms in total. The second-order valence-electron chi connectivity index (χ2n) is 10.8. The third-order valence-electron chi connectivity index (χ3n) is 8.03. The summed E-state index contributed by atoms with van der Waals surface area (Å²) in [5.74, 6) is 1.55. The van der Waals surface area contributed by atoms with Crippen molar-refractivity contribution >= 4 is 28.7 Å². The zero-order chi connectivity index (χ0) is 29.4. The lowest BCUT2D eigenvalue weighted by Gasteiger charge is -2.31. The standard InChI is InChI=1S/C40H39NO2/c1-3-42-39-27-26-35(29-40(39)43-4-2)41(38-21-13-19-31-18-11-12-20-36(31)38)34-24-22-30(23-25-34)28-37(32-14-7-5-8-15-32)33-16-9-6-10-17-33/h5-10,13-17,19,21-29H,3-4,11-12,18,20H2,1-2H3. The van der Waals surface area contributed by atoms with Gasteiger partial charge in [0.25, 0.3) is 0 Å². The zero-order valence-electron chi connectivity index (χ0n) is 25.1. The summed E-state index contributed by atoms with van der Waals surface area (Å²) in [6, 6.07) is 43.2. The van der Waals surface area contributed by atoms with E-state index in [0.29, 0.717) is 13.2 Å². The lowest BCUT2D eigenvalue weighted by molar-refractivity contribution is 0.288. The minimum atomic E-state index is 0.580. The van der Waals surface area contributed by atoms with E-state index < -0.39 is 0 Å². The van der Waals surface area contributed by atoms with Crippen LogP contribution in [0.15, 0.2) is 121 Å². The van der Waals surface area contributed by atoms with E-state index in [0.717, 1.165) is 41.3 Å². The quantitative estimate of drug-likeness (QED) is 0.157. The van der Waals surface area contributed by atoms with Crippen LogP contribution < -0.4 is 14.4 Å². The third kappa shape index (κ3) is 6.36. The van der Waals surface area contributed by atoms with E-state index >= 15 is 0 Å². The summed E-state index contributed by atoms with van der Waals surface area (Å²) < 4.78 is 12.0. The number of anilines is 3. The fourth-order valence-electron chi connectivity index (χ4n) is 6.03. The molecule has 0 unspecified atom stereocenters. The number of hydrogen-bond acceptors (Lipinski definition) is 3. The number of hydrogen-bond donors (Lipinski definition) is 0. The topological polar surface area (TPSA) is 21.7 Å². The van der Waals surface area contributed by atoms with Gasteiger partial charge in [-0.1, -0.05) is 84.9 Å². The largest absolute Gasteiger partial charge is 0.490 e. The lowest BCUT2D eigenvalue weighted by atomic mass is 9.89. The average Bonchev–Trinajstić information content (AvgIpc) is 3.07. The SMILES string of the molecule is CCOc1ccc(N(c2ccc(C=C(c3ccccc3)c3ccccc3)cc2)c2cccc3c2CCCC3)cc1OCC. The Labute approximate surface area is 256 Å². The van der Waals surface area contributed by atoms with Crippen molar-refractivity contribution in [3.63, 3.8) is 0 Å². The fourth-order valence-corrected chi connectivity index (χ4v) is 6.03. The first kappa shape index (κ1) is 28.4. The van der Waals surface area contributed by atoms with E-state index in [4.69, 9.17) is 9.47 Å². The van der Waals surface area contributed by atoms with Gasteiger partial charge in [0.15, 0.2) is 11.5 Å². The molecule has 0 aliphatic heterocycles. The van der Waals surface area contributed by atoms with E-state index in [-0.39, 0.29) is 0 Å². The van der Waals surface area contributed by atoms with Crippen LogP contribution >= 0.6 is 0 Å². The number of ether oxygens (including phenoxy) is 2. The van der Waals surface area contributed by atoms with Crippen LogP contribution in [0.25, 0.3) is 11.6 Å². The maximum Gasteiger partial charge on any atom is 0.163 e. The summed E-state index contributed by atoms with van der Waals surface area (Å²) in [6.45, 7) is 5.19. The highest BCUT2D eigenvalue weighted by Gasteiger charge is 2.21. The Morgan fingerprint density at radius 1 is 0.628 bits per heavy atom. The van der Waals surface area contributed by atoms with Gasteiger partial charge in [-0.3, -0.25) is 0 Å². The number of nitrogens with zero attached hydrogens (tertiary/aromatic N) is 1. The maximum absolute atomic E-state index is 6.05. The molecule has 6 rings (SSSR count). The van der Waals surface area contributed by atoms with Gasteiger partial charge in [0.05, 0.1) is 18.9 Å². The van der Waals surface area contributed by atoms with E-state index in [1.54, 1.807) is 0 Å². The molecule has 0 bridgehead atoms. The highest BCUT2D eigenvalue weighted by Crippen LogP contribution is 2.43. The molecule has 5 aromatic rings. The molecule has 0 saturated carbocycles. The molecule has 0 saturated heterocycles. The minimum absolute atomic E-state index is 0.580. The minimum Gasteiger partial charge on any atom is -0.490 e. The molecule has 5 aromatic carbocycles. The number of rotatable bonds is 10. The lowest BCUT2D eigenvalue weighted by Crippen LogP contribution is -2.15. The Bertz CT molecular complexity index is 1630. The van der Waals surface area contributed by atoms with E-state index in [9.17, 15) is 0 Å². The Balaban J connectivity index is 1.45. The first-order chi connectivity index (χ1) is 21.2. The Hall–Kier alpha value is -4.76. The van der Waals surface area contributed by atoms with Crippen LogP contribution in [0.1, 0.15) is 54.5 Å². The van der Waals surface area contributed by atoms with Gasteiger partial charge in [-0.25, -0.2) is 0 Å². The predicted molar refractivity (Wildman–Crippen MR) is 180 cm³/mol. The molecule has 0 heterocycles. The monoisotopic (exact) mass is 565 g/mol. The summed E-state index contributed by atoms with van der Waals surface area (Å²) in [5.41, 5.74) is 11.1. The maximum atomic E-state index is 6.05. The van der Waals surface area contributed by atoms with Crippen LogP contribution in [0.4, 0.5) is 17.1 Å². The number of fused-ring (bicyclic) bond motifs is 1. The van der Waals surface area contributed by atoms with E-state index in [1.807, 2.05) is 19.9 Å². The van der Waals surface area contributed by atoms with E-state index in [1.165, 1.54) is 46.4 Å². The van der Waals surface area contributed by atoms with Crippen molar-refractivity contribution in [2.45, 2.75) is 39.5 Å². The molecule has 0 radical (unpaired) electrons. The van der Waals surface area contributed by atoms with Gasteiger partial charge in [-0.05, 0) is 109 Å². The zero-order valence-corrected chi connectivity index (χ0v) is 25.1. The molecule has 0 atom stereocenters. The van der Waals surface area contributed by atoms with Gasteiger partial charge >= 0.3 is 0 Å². The van der Waals surface area contributed by atoms with Crippen molar-refractivity contribution in [2.24, 2.45) is 0 Å². The summed E-state index contributed by atoms with van der Waals surface area (Å²) in [4.78, 5) is 2.38. The molecule has 0 N–H and O–H groups in total. The molecule has 0 fully saturated rings. The molecule has 1 aliphatic rings. The van der Waals surface area contributed by atoms with Crippen molar-refractivity contribution in [3.8, 4) is 11.5 Å². The van der Waals surface area contributed by atoms with Crippen LogP contribution in [0.2, 0.25) is 0 Å². The van der Waals surface area contributed by atoms with Gasteiger partial charge < -0.3 is 14.4 Å². The molecule has 0 spiro atoms. The van der Waals surface area contributed by atoms with Gasteiger partial charge in [-0.2, -0.15) is 0 Å². The summed E-state index contributed by atoms with van der Waals surface area (Å²) in [7, 11) is 0. The first-order valence-corrected chi connectivity index (χ1v) is 15.5. The van der Waals surface area contributed by atoms with Crippen LogP contribution in [0.3, 0.4) is 0 Å². The molecular weight excluding hydrogens is 526 g/mol. The Kier molecular flexibility index (Phi) is 8.89. The second kappa shape index (κ2) is 13.5. The molecule has 43 heavy (non-hydrogen) atoms. The van der Waals surface area contributed by atoms with E-state index in [2.05, 4.69) is 126 Å². The van der Waals surface area contributed by atoms with Gasteiger partial charge in [0.1, 0.15) is 0 Å². The summed E-state index contributed by atoms with van der Waals surface area (Å²) in [5, 5.41) is 0. The number of benzene rings is 5. The fraction of sp³-hybridized carbons (Fsp3) is 0.200. The van der Waals surface area contributed by atoms with Crippen molar-refractivity contribution < 1.29 is 9.47 Å². The molecule has 0 aromatic heterocycles. The highest BCUT2D eigenvalue weighted by molar-refractivity contribution is 5.92. The Morgan fingerprint density at radius 2 is 1.26 bits per heavy atom. The van der Waals surface area contributed by atoms with Crippen LogP contribution in [-0.4, -0.2) is 13.2 Å². The van der Waals surface area contributed by atoms with Crippen molar-refractivity contribution in [1.29, 1.82) is 0 Å². The predicted octanol–water partition coefficient (Wildman–Crippen LogP) is 10.4. The van der Waals surface area contributed by atoms with Crippen molar-refractivity contribution in [1.82, 2.24) is 0 Å². The first-order valence-electron chi connectivity index (χ1n) is 15.5. The molecule has 1 aliphatic carbocycles.